The summed E-state index contributed by atoms with van der Waals surface area (Å²) in [4.78, 5) is 12.5. The van der Waals surface area contributed by atoms with Crippen LogP contribution in [0.5, 0.6) is 0 Å². The second-order valence-corrected chi connectivity index (χ2v) is 17.4. The van der Waals surface area contributed by atoms with Crippen molar-refractivity contribution in [1.82, 2.24) is 5.32 Å². The first-order valence-corrected chi connectivity index (χ1v) is 25.4. The van der Waals surface area contributed by atoms with Gasteiger partial charge in [0.2, 0.25) is 5.91 Å². The Bertz CT molecular complexity index is 943. The summed E-state index contributed by atoms with van der Waals surface area (Å²) < 4.78 is 0. The number of allylic oxidation sites excluding steroid dienone is 7. The van der Waals surface area contributed by atoms with Gasteiger partial charge in [-0.1, -0.05) is 229 Å². The predicted molar refractivity (Wildman–Crippen MR) is 254 cm³/mol. The Hall–Kier alpha value is -1.69. The van der Waals surface area contributed by atoms with E-state index in [9.17, 15) is 20.1 Å². The fourth-order valence-corrected chi connectivity index (χ4v) is 7.66. The van der Waals surface area contributed by atoms with E-state index in [0.29, 0.717) is 6.42 Å². The zero-order valence-electron chi connectivity index (χ0n) is 38.7. The van der Waals surface area contributed by atoms with Gasteiger partial charge in [0.1, 0.15) is 0 Å². The predicted octanol–water partition coefficient (Wildman–Crippen LogP) is 15.3. The molecular weight excluding hydrogens is 715 g/mol. The van der Waals surface area contributed by atoms with Crippen LogP contribution in [0.1, 0.15) is 258 Å². The molecule has 0 fully saturated rings. The molecule has 340 valence electrons. The third kappa shape index (κ3) is 43.9. The van der Waals surface area contributed by atoms with Gasteiger partial charge < -0.3 is 20.6 Å². The van der Waals surface area contributed by atoms with Crippen molar-refractivity contribution in [1.29, 1.82) is 0 Å². The molecule has 0 heterocycles. The maximum absolute atomic E-state index is 12.5. The van der Waals surface area contributed by atoms with Gasteiger partial charge in [-0.2, -0.15) is 0 Å². The number of aliphatic hydroxyl groups excluding tert-OH is 3. The molecule has 5 heteroatoms. The van der Waals surface area contributed by atoms with Crippen molar-refractivity contribution in [2.24, 2.45) is 0 Å². The van der Waals surface area contributed by atoms with Crippen LogP contribution in [-0.2, 0) is 4.79 Å². The molecule has 5 nitrogen and oxygen atoms in total. The summed E-state index contributed by atoms with van der Waals surface area (Å²) in [6, 6.07) is -0.771. The van der Waals surface area contributed by atoms with Crippen molar-refractivity contribution in [3.05, 3.63) is 48.6 Å². The van der Waals surface area contributed by atoms with Crippen LogP contribution in [0.3, 0.4) is 0 Å². The lowest BCUT2D eigenvalue weighted by atomic mass is 10.0. The van der Waals surface area contributed by atoms with E-state index in [1.165, 1.54) is 193 Å². The molecule has 0 spiro atoms. The molecule has 0 aliphatic heterocycles. The third-order valence-corrected chi connectivity index (χ3v) is 11.6. The molecule has 0 bridgehead atoms. The summed E-state index contributed by atoms with van der Waals surface area (Å²) in [5.41, 5.74) is 0. The van der Waals surface area contributed by atoms with Crippen LogP contribution < -0.4 is 5.32 Å². The molecule has 58 heavy (non-hydrogen) atoms. The smallest absolute Gasteiger partial charge is 0.222 e. The van der Waals surface area contributed by atoms with E-state index in [0.717, 1.165) is 38.5 Å². The molecule has 3 unspecified atom stereocenters. The van der Waals surface area contributed by atoms with Gasteiger partial charge in [0, 0.05) is 0 Å². The number of nitrogens with one attached hydrogen (secondary N) is 1. The van der Waals surface area contributed by atoms with Crippen molar-refractivity contribution in [3.8, 4) is 0 Å². The fourth-order valence-electron chi connectivity index (χ4n) is 7.66. The van der Waals surface area contributed by atoms with Gasteiger partial charge in [0.15, 0.2) is 0 Å². The van der Waals surface area contributed by atoms with Crippen molar-refractivity contribution < 1.29 is 20.1 Å². The van der Waals surface area contributed by atoms with Gasteiger partial charge >= 0.3 is 0 Å². The second-order valence-electron chi connectivity index (χ2n) is 17.4. The summed E-state index contributed by atoms with van der Waals surface area (Å²) in [7, 11) is 0. The van der Waals surface area contributed by atoms with Gasteiger partial charge in [0.25, 0.3) is 0 Å². The Kier molecular flexibility index (Phi) is 46.6. The number of rotatable bonds is 46. The molecular formula is C53H99NO4. The number of unbranched alkanes of at least 4 members (excludes halogenated alkanes) is 31. The number of carbonyl (C=O) groups is 1. The first-order valence-electron chi connectivity index (χ1n) is 25.4. The zero-order chi connectivity index (χ0) is 42.3. The van der Waals surface area contributed by atoms with Crippen LogP contribution in [0.25, 0.3) is 0 Å². The number of carbonyl (C=O) groups excluding carboxylic acids is 1. The molecule has 3 atom stereocenters. The molecule has 0 saturated heterocycles. The van der Waals surface area contributed by atoms with Crippen molar-refractivity contribution in [2.75, 3.05) is 6.61 Å². The maximum atomic E-state index is 12.5. The largest absolute Gasteiger partial charge is 0.394 e. The van der Waals surface area contributed by atoms with Crippen LogP contribution >= 0.6 is 0 Å². The Morgan fingerprint density at radius 1 is 0.431 bits per heavy atom. The van der Waals surface area contributed by atoms with Crippen molar-refractivity contribution in [3.63, 3.8) is 0 Å². The maximum Gasteiger partial charge on any atom is 0.222 e. The van der Waals surface area contributed by atoms with E-state index in [4.69, 9.17) is 0 Å². The lowest BCUT2D eigenvalue weighted by Gasteiger charge is -2.21. The number of aliphatic hydroxyl groups is 3. The third-order valence-electron chi connectivity index (χ3n) is 11.6. The highest BCUT2D eigenvalue weighted by atomic mass is 16.3. The summed E-state index contributed by atoms with van der Waals surface area (Å²) in [5.74, 6) is -0.332. The van der Waals surface area contributed by atoms with E-state index in [-0.39, 0.29) is 18.9 Å². The summed E-state index contributed by atoms with van der Waals surface area (Å²) >= 11 is 0. The Labute approximate surface area is 361 Å². The Morgan fingerprint density at radius 2 is 0.741 bits per heavy atom. The first-order chi connectivity index (χ1) is 28.5. The molecule has 0 aliphatic rings. The van der Waals surface area contributed by atoms with Gasteiger partial charge in [0.05, 0.1) is 31.3 Å². The van der Waals surface area contributed by atoms with E-state index in [2.05, 4.69) is 55.6 Å². The number of hydrogen-bond donors (Lipinski definition) is 4. The summed E-state index contributed by atoms with van der Waals surface area (Å²) in [6.45, 7) is 4.21. The molecule has 0 radical (unpaired) electrons. The minimum absolute atomic E-state index is 0.00212. The molecule has 0 aromatic carbocycles. The van der Waals surface area contributed by atoms with Gasteiger partial charge in [-0.05, 0) is 70.6 Å². The minimum Gasteiger partial charge on any atom is -0.394 e. The van der Waals surface area contributed by atoms with Crippen LogP contribution in [0, 0.1) is 0 Å². The molecule has 0 aromatic rings. The normalized spacial score (nSPS) is 13.8. The molecule has 0 aromatic heterocycles. The molecule has 4 N–H and O–H groups in total. The van der Waals surface area contributed by atoms with Gasteiger partial charge in [-0.25, -0.2) is 0 Å². The summed E-state index contributed by atoms with van der Waals surface area (Å²) in [5, 5.41) is 33.3. The quantitative estimate of drug-likeness (QED) is 0.0364. The van der Waals surface area contributed by atoms with E-state index >= 15 is 0 Å². The lowest BCUT2D eigenvalue weighted by Crippen LogP contribution is -2.45. The zero-order valence-corrected chi connectivity index (χ0v) is 38.7. The van der Waals surface area contributed by atoms with E-state index < -0.39 is 18.2 Å². The average molecular weight is 814 g/mol. The SMILES string of the molecule is CCCCCCCCCCCCC/C=C/CC/C=C/CC/C=C/C(O)C(CO)NC(=O)CC(O)CCCCCCCC/C=C\CCCCCCCCCCCCCC. The van der Waals surface area contributed by atoms with Gasteiger partial charge in [-0.15, -0.1) is 0 Å². The fraction of sp³-hybridized carbons (Fsp3) is 0.830. The first kappa shape index (κ1) is 56.3. The standard InChI is InChI=1S/C53H99NO4/c1-3-5-7-9-11-13-15-17-19-21-23-25-27-28-30-32-34-36-38-40-42-44-46-50(56)48-53(58)54-51(49-55)52(57)47-45-43-41-39-37-35-33-31-29-26-24-22-20-18-16-14-12-10-8-6-4-2/h28-31,37,39,45,47,50-52,55-57H,3-27,32-36,38,40-44,46,48-49H2,1-2H3,(H,54,58)/b30-28-,31-29+,39-37+,47-45+. The van der Waals surface area contributed by atoms with E-state index in [1.807, 2.05) is 6.08 Å². The topological polar surface area (TPSA) is 89.8 Å². The van der Waals surface area contributed by atoms with Crippen molar-refractivity contribution >= 4 is 5.91 Å². The Balaban J connectivity index is 3.69. The molecule has 0 saturated carbocycles. The molecule has 0 aliphatic carbocycles. The highest BCUT2D eigenvalue weighted by Crippen LogP contribution is 2.15. The van der Waals surface area contributed by atoms with Crippen LogP contribution in [0.2, 0.25) is 0 Å². The van der Waals surface area contributed by atoms with E-state index in [1.54, 1.807) is 6.08 Å². The van der Waals surface area contributed by atoms with Crippen LogP contribution in [-0.4, -0.2) is 46.1 Å². The number of hydrogen-bond acceptors (Lipinski definition) is 4. The number of amides is 1. The lowest BCUT2D eigenvalue weighted by molar-refractivity contribution is -0.124. The molecule has 0 rings (SSSR count). The van der Waals surface area contributed by atoms with Crippen LogP contribution in [0.4, 0.5) is 0 Å². The average Bonchev–Trinajstić information content (AvgIpc) is 3.22. The highest BCUT2D eigenvalue weighted by Gasteiger charge is 2.20. The molecule has 1 amide bonds. The van der Waals surface area contributed by atoms with Crippen LogP contribution in [0.15, 0.2) is 48.6 Å². The minimum atomic E-state index is -0.963. The summed E-state index contributed by atoms with van der Waals surface area (Å²) in [6.07, 6.45) is 62.8. The van der Waals surface area contributed by atoms with Crippen molar-refractivity contribution in [2.45, 2.75) is 276 Å². The highest BCUT2D eigenvalue weighted by molar-refractivity contribution is 5.76. The van der Waals surface area contributed by atoms with Gasteiger partial charge in [-0.3, -0.25) is 4.79 Å². The second kappa shape index (κ2) is 48.0. The Morgan fingerprint density at radius 3 is 1.10 bits per heavy atom. The monoisotopic (exact) mass is 814 g/mol.